The molecule has 0 radical (unpaired) electrons. The molecule has 1 aliphatic heterocycles. The summed E-state index contributed by atoms with van der Waals surface area (Å²) in [7, 11) is 0. The molecule has 1 saturated heterocycles. The number of benzene rings is 1. The molecule has 2 heterocycles. The van der Waals surface area contributed by atoms with E-state index in [9.17, 15) is 4.79 Å². The molecular weight excluding hydrogens is 364 g/mol. The van der Waals surface area contributed by atoms with E-state index in [0.29, 0.717) is 12.1 Å². The van der Waals surface area contributed by atoms with Gasteiger partial charge in [-0.2, -0.15) is 0 Å². The Morgan fingerprint density at radius 1 is 1.15 bits per heavy atom. The summed E-state index contributed by atoms with van der Waals surface area (Å²) in [5.74, 6) is -0.0999. The Kier molecular flexibility index (Phi) is 7.45. The number of aromatic nitrogens is 1. The number of hydrogen-bond acceptors (Lipinski definition) is 5. The van der Waals surface area contributed by atoms with Crippen molar-refractivity contribution in [1.29, 1.82) is 0 Å². The number of nitrogens with zero attached hydrogens (tertiary/aromatic N) is 2. The Bertz CT molecular complexity index is 733. The maximum atomic E-state index is 12.3. The minimum Gasteiger partial charge on any atom is -0.383 e. The molecule has 1 aliphatic rings. The fraction of sp³-hybridized carbons (Fsp3) is 0.400. The molecule has 1 aromatic carbocycles. The topological polar surface area (TPSA) is 66.5 Å². The van der Waals surface area contributed by atoms with Gasteiger partial charge in [0.1, 0.15) is 0 Å². The summed E-state index contributed by atoms with van der Waals surface area (Å²) in [4.78, 5) is 18.8. The number of carbonyl (C=O) groups excluding carboxylic acids is 1. The SMILES string of the molecule is O=C(NCCN1CCOCC1)c1cncc(NCCc2ccc(Cl)cc2)c1. The third kappa shape index (κ3) is 6.50. The summed E-state index contributed by atoms with van der Waals surface area (Å²) in [6.07, 6.45) is 4.19. The van der Waals surface area contributed by atoms with Crippen LogP contribution in [0.15, 0.2) is 42.7 Å². The summed E-state index contributed by atoms with van der Waals surface area (Å²) < 4.78 is 5.33. The van der Waals surface area contributed by atoms with E-state index >= 15 is 0 Å². The van der Waals surface area contributed by atoms with Crippen molar-refractivity contribution in [3.8, 4) is 0 Å². The van der Waals surface area contributed by atoms with Crippen LogP contribution in [-0.4, -0.2) is 61.7 Å². The number of anilines is 1. The van der Waals surface area contributed by atoms with Gasteiger partial charge in [0.15, 0.2) is 0 Å². The van der Waals surface area contributed by atoms with E-state index in [0.717, 1.165) is 56.5 Å². The number of carbonyl (C=O) groups is 1. The van der Waals surface area contributed by atoms with Gasteiger partial charge in [0.2, 0.25) is 0 Å². The minimum atomic E-state index is -0.0999. The van der Waals surface area contributed by atoms with Crippen LogP contribution < -0.4 is 10.6 Å². The molecular formula is C20H25ClN4O2. The molecule has 3 rings (SSSR count). The highest BCUT2D eigenvalue weighted by Crippen LogP contribution is 2.11. The molecule has 7 heteroatoms. The number of ether oxygens (including phenoxy) is 1. The molecule has 2 aromatic rings. The zero-order valence-corrected chi connectivity index (χ0v) is 16.0. The van der Waals surface area contributed by atoms with Crippen molar-refractivity contribution in [3.05, 3.63) is 58.9 Å². The van der Waals surface area contributed by atoms with Crippen molar-refractivity contribution < 1.29 is 9.53 Å². The number of nitrogens with one attached hydrogen (secondary N) is 2. The van der Waals surface area contributed by atoms with Gasteiger partial charge in [-0.15, -0.1) is 0 Å². The van der Waals surface area contributed by atoms with Gasteiger partial charge in [-0.25, -0.2) is 0 Å². The molecule has 0 atom stereocenters. The van der Waals surface area contributed by atoms with E-state index in [1.807, 2.05) is 30.3 Å². The Morgan fingerprint density at radius 3 is 2.70 bits per heavy atom. The number of amides is 1. The van der Waals surface area contributed by atoms with E-state index in [1.54, 1.807) is 12.4 Å². The molecule has 6 nitrogen and oxygen atoms in total. The monoisotopic (exact) mass is 388 g/mol. The predicted molar refractivity (Wildman–Crippen MR) is 107 cm³/mol. The highest BCUT2D eigenvalue weighted by molar-refractivity contribution is 6.30. The van der Waals surface area contributed by atoms with Crippen LogP contribution in [0.4, 0.5) is 5.69 Å². The van der Waals surface area contributed by atoms with Crippen LogP contribution in [0.2, 0.25) is 5.02 Å². The van der Waals surface area contributed by atoms with Crippen molar-refractivity contribution in [1.82, 2.24) is 15.2 Å². The lowest BCUT2D eigenvalue weighted by atomic mass is 10.1. The maximum Gasteiger partial charge on any atom is 0.252 e. The quantitative estimate of drug-likeness (QED) is 0.727. The maximum absolute atomic E-state index is 12.3. The van der Waals surface area contributed by atoms with E-state index in [-0.39, 0.29) is 5.91 Å². The number of morpholine rings is 1. The average Bonchev–Trinajstić information content (AvgIpc) is 2.70. The first-order chi connectivity index (χ1) is 13.2. The number of halogens is 1. The van der Waals surface area contributed by atoms with Gasteiger partial charge in [0.05, 0.1) is 24.5 Å². The summed E-state index contributed by atoms with van der Waals surface area (Å²) in [6.45, 7) is 5.58. The zero-order chi connectivity index (χ0) is 18.9. The van der Waals surface area contributed by atoms with E-state index in [2.05, 4.69) is 20.5 Å². The molecule has 27 heavy (non-hydrogen) atoms. The highest BCUT2D eigenvalue weighted by Gasteiger charge is 2.11. The molecule has 1 amide bonds. The number of rotatable bonds is 8. The van der Waals surface area contributed by atoms with Crippen LogP contribution in [-0.2, 0) is 11.2 Å². The van der Waals surface area contributed by atoms with Crippen LogP contribution in [0.25, 0.3) is 0 Å². The van der Waals surface area contributed by atoms with Crippen molar-refractivity contribution in [2.45, 2.75) is 6.42 Å². The highest BCUT2D eigenvalue weighted by atomic mass is 35.5. The second kappa shape index (κ2) is 10.3. The largest absolute Gasteiger partial charge is 0.383 e. The van der Waals surface area contributed by atoms with E-state index in [1.165, 1.54) is 5.56 Å². The third-order valence-electron chi connectivity index (χ3n) is 4.47. The van der Waals surface area contributed by atoms with Gasteiger partial charge in [-0.05, 0) is 30.2 Å². The molecule has 0 saturated carbocycles. The lowest BCUT2D eigenvalue weighted by Crippen LogP contribution is -2.41. The van der Waals surface area contributed by atoms with Crippen molar-refractivity contribution in [2.75, 3.05) is 51.3 Å². The van der Waals surface area contributed by atoms with Gasteiger partial charge in [-0.1, -0.05) is 23.7 Å². The average molecular weight is 389 g/mol. The second-order valence-corrected chi connectivity index (χ2v) is 6.91. The van der Waals surface area contributed by atoms with Crippen molar-refractivity contribution >= 4 is 23.2 Å². The molecule has 0 bridgehead atoms. The van der Waals surface area contributed by atoms with E-state index < -0.39 is 0 Å². The Morgan fingerprint density at radius 2 is 1.93 bits per heavy atom. The lowest BCUT2D eigenvalue weighted by molar-refractivity contribution is 0.0383. The summed E-state index contributed by atoms with van der Waals surface area (Å²) in [5.41, 5.74) is 2.61. The van der Waals surface area contributed by atoms with Crippen LogP contribution in [0.5, 0.6) is 0 Å². The Balaban J connectivity index is 1.43. The van der Waals surface area contributed by atoms with E-state index in [4.69, 9.17) is 16.3 Å². The Labute approximate surface area is 164 Å². The zero-order valence-electron chi connectivity index (χ0n) is 15.3. The van der Waals surface area contributed by atoms with Crippen LogP contribution in [0.1, 0.15) is 15.9 Å². The third-order valence-corrected chi connectivity index (χ3v) is 4.73. The first kappa shape index (κ1) is 19.6. The van der Waals surface area contributed by atoms with Crippen LogP contribution >= 0.6 is 11.6 Å². The molecule has 0 spiro atoms. The molecule has 2 N–H and O–H groups in total. The van der Waals surface area contributed by atoms with Gasteiger partial charge in [0, 0.05) is 50.1 Å². The van der Waals surface area contributed by atoms with Gasteiger partial charge in [-0.3, -0.25) is 14.7 Å². The Hall–Kier alpha value is -2.15. The predicted octanol–water partition coefficient (Wildman–Crippen LogP) is 2.45. The molecule has 1 aromatic heterocycles. The van der Waals surface area contributed by atoms with Gasteiger partial charge in [0.25, 0.3) is 5.91 Å². The van der Waals surface area contributed by atoms with Crippen LogP contribution in [0.3, 0.4) is 0 Å². The fourth-order valence-electron chi connectivity index (χ4n) is 2.92. The van der Waals surface area contributed by atoms with Crippen molar-refractivity contribution in [3.63, 3.8) is 0 Å². The number of hydrogen-bond donors (Lipinski definition) is 2. The van der Waals surface area contributed by atoms with Gasteiger partial charge >= 0.3 is 0 Å². The lowest BCUT2D eigenvalue weighted by Gasteiger charge is -2.26. The molecule has 144 valence electrons. The van der Waals surface area contributed by atoms with Crippen LogP contribution in [0, 0.1) is 0 Å². The fourth-order valence-corrected chi connectivity index (χ4v) is 3.04. The van der Waals surface area contributed by atoms with Crippen molar-refractivity contribution in [2.24, 2.45) is 0 Å². The summed E-state index contributed by atoms with van der Waals surface area (Å²) in [6, 6.07) is 9.64. The normalized spacial score (nSPS) is 14.7. The number of pyridine rings is 1. The molecule has 1 fully saturated rings. The standard InChI is InChI=1S/C20H25ClN4O2/c21-18-3-1-16(2-4-18)5-6-23-19-13-17(14-22-15-19)20(26)24-7-8-25-9-11-27-12-10-25/h1-4,13-15,23H,5-12H2,(H,24,26). The first-order valence-corrected chi connectivity index (χ1v) is 9.60. The first-order valence-electron chi connectivity index (χ1n) is 9.22. The molecule has 0 unspecified atom stereocenters. The second-order valence-electron chi connectivity index (χ2n) is 6.48. The smallest absolute Gasteiger partial charge is 0.252 e. The summed E-state index contributed by atoms with van der Waals surface area (Å²) >= 11 is 5.90. The molecule has 0 aliphatic carbocycles. The summed E-state index contributed by atoms with van der Waals surface area (Å²) in [5, 5.41) is 7.01. The minimum absolute atomic E-state index is 0.0999. The van der Waals surface area contributed by atoms with Gasteiger partial charge < -0.3 is 15.4 Å².